The van der Waals surface area contributed by atoms with E-state index >= 15 is 0 Å². The highest BCUT2D eigenvalue weighted by Gasteiger charge is 2.33. The van der Waals surface area contributed by atoms with Crippen LogP contribution in [0.4, 0.5) is 0 Å². The van der Waals surface area contributed by atoms with Gasteiger partial charge in [-0.25, -0.2) is 8.42 Å². The summed E-state index contributed by atoms with van der Waals surface area (Å²) in [7, 11) is -3.80. The van der Waals surface area contributed by atoms with E-state index in [1.165, 1.54) is 18.4 Å². The Bertz CT molecular complexity index is 1080. The van der Waals surface area contributed by atoms with E-state index in [9.17, 15) is 18.0 Å². The number of thiophene rings is 1. The highest BCUT2D eigenvalue weighted by molar-refractivity contribution is 7.93. The summed E-state index contributed by atoms with van der Waals surface area (Å²) in [5.74, 6) is -1.66. The predicted molar refractivity (Wildman–Crippen MR) is 109 cm³/mol. The summed E-state index contributed by atoms with van der Waals surface area (Å²) >= 11 is 7.09. The molecule has 0 aliphatic rings. The van der Waals surface area contributed by atoms with Crippen LogP contribution >= 0.6 is 22.9 Å². The second-order valence-corrected chi connectivity index (χ2v) is 9.68. The Morgan fingerprint density at radius 2 is 1.79 bits per heavy atom. The molecule has 29 heavy (non-hydrogen) atoms. The largest absolute Gasteiger partial charge is 0.468 e. The molecule has 2 aromatic heterocycles. The van der Waals surface area contributed by atoms with E-state index in [0.717, 1.165) is 11.3 Å². The van der Waals surface area contributed by atoms with E-state index in [0.29, 0.717) is 10.6 Å². The molecule has 2 N–H and O–H groups in total. The van der Waals surface area contributed by atoms with E-state index in [-0.39, 0.29) is 23.1 Å². The molecule has 3 rings (SSSR count). The van der Waals surface area contributed by atoms with Gasteiger partial charge in [0, 0.05) is 18.1 Å². The van der Waals surface area contributed by atoms with Gasteiger partial charge in [0.05, 0.1) is 6.26 Å². The van der Waals surface area contributed by atoms with E-state index in [2.05, 4.69) is 10.6 Å². The number of benzene rings is 1. The van der Waals surface area contributed by atoms with Crippen LogP contribution in [0.3, 0.4) is 0 Å². The van der Waals surface area contributed by atoms with Gasteiger partial charge in [0.15, 0.2) is 9.84 Å². The molecule has 7 nitrogen and oxygen atoms in total. The van der Waals surface area contributed by atoms with Gasteiger partial charge in [-0.05, 0) is 35.2 Å². The number of amides is 2. The maximum absolute atomic E-state index is 12.9. The molecule has 0 aliphatic carbocycles. The number of rotatable bonds is 7. The van der Waals surface area contributed by atoms with Crippen molar-refractivity contribution in [3.8, 4) is 0 Å². The Hall–Kier alpha value is -2.62. The van der Waals surface area contributed by atoms with Crippen LogP contribution in [0.15, 0.2) is 68.8 Å². The fourth-order valence-electron chi connectivity index (χ4n) is 2.57. The topological polar surface area (TPSA) is 105 Å². The van der Waals surface area contributed by atoms with Crippen LogP contribution in [0, 0.1) is 0 Å². The zero-order valence-electron chi connectivity index (χ0n) is 15.0. The summed E-state index contributed by atoms with van der Waals surface area (Å²) in [5, 5.41) is 5.78. The molecule has 2 heterocycles. The number of hydrogen-bond acceptors (Lipinski definition) is 6. The molecule has 0 spiro atoms. The molecule has 0 bridgehead atoms. The van der Waals surface area contributed by atoms with Crippen LogP contribution in [-0.2, 0) is 26.0 Å². The molecule has 152 valence electrons. The molecule has 1 aromatic carbocycles. The maximum atomic E-state index is 12.9. The van der Waals surface area contributed by atoms with Crippen LogP contribution < -0.4 is 10.6 Å². The Morgan fingerprint density at radius 1 is 1.03 bits per heavy atom. The number of hydrogen-bond donors (Lipinski definition) is 2. The Morgan fingerprint density at radius 3 is 2.45 bits per heavy atom. The number of halogens is 1. The molecule has 0 saturated carbocycles. The first kappa shape index (κ1) is 21.1. The first-order chi connectivity index (χ1) is 13.9. The molecule has 3 aromatic rings. The van der Waals surface area contributed by atoms with Crippen LogP contribution in [-0.4, -0.2) is 26.8 Å². The van der Waals surface area contributed by atoms with E-state index in [1.54, 1.807) is 41.8 Å². The van der Waals surface area contributed by atoms with Gasteiger partial charge < -0.3 is 15.1 Å². The predicted octanol–water partition coefficient (Wildman–Crippen LogP) is 2.94. The molecule has 0 fully saturated rings. The van der Waals surface area contributed by atoms with Gasteiger partial charge in [-0.2, -0.15) is 0 Å². The second-order valence-electron chi connectivity index (χ2n) is 5.97. The van der Waals surface area contributed by atoms with Gasteiger partial charge in [-0.1, -0.05) is 35.9 Å². The SMILES string of the molecule is O=C(NCc1ccccc1Cl)C(=O)NC[C@H](c1ccco1)S(=O)(=O)c1cccs1. The Balaban J connectivity index is 1.66. The van der Waals surface area contributed by atoms with Crippen molar-refractivity contribution >= 4 is 44.6 Å². The van der Waals surface area contributed by atoms with E-state index in [4.69, 9.17) is 16.0 Å². The van der Waals surface area contributed by atoms with Crippen LogP contribution in [0.5, 0.6) is 0 Å². The van der Waals surface area contributed by atoms with Crippen molar-refractivity contribution in [1.29, 1.82) is 0 Å². The highest BCUT2D eigenvalue weighted by Crippen LogP contribution is 2.31. The summed E-state index contributed by atoms with van der Waals surface area (Å²) < 4.78 is 31.2. The minimum Gasteiger partial charge on any atom is -0.468 e. The lowest BCUT2D eigenvalue weighted by molar-refractivity contribution is -0.139. The third-order valence-electron chi connectivity index (χ3n) is 4.06. The minimum atomic E-state index is -3.80. The monoisotopic (exact) mass is 452 g/mol. The Kier molecular flexibility index (Phi) is 6.73. The summed E-state index contributed by atoms with van der Waals surface area (Å²) in [6, 6.07) is 13.1. The molecular formula is C19H17ClN2O5S2. The quantitative estimate of drug-likeness (QED) is 0.536. The molecular weight excluding hydrogens is 436 g/mol. The van der Waals surface area contributed by atoms with Crippen molar-refractivity contribution in [1.82, 2.24) is 10.6 Å². The van der Waals surface area contributed by atoms with E-state index in [1.807, 2.05) is 0 Å². The number of nitrogens with one attached hydrogen (secondary N) is 2. The van der Waals surface area contributed by atoms with Crippen LogP contribution in [0.25, 0.3) is 0 Å². The fourth-order valence-corrected chi connectivity index (χ4v) is 5.56. The van der Waals surface area contributed by atoms with Crippen molar-refractivity contribution in [3.05, 3.63) is 76.5 Å². The fraction of sp³-hybridized carbons (Fsp3) is 0.158. The van der Waals surface area contributed by atoms with Crippen molar-refractivity contribution in [2.75, 3.05) is 6.54 Å². The number of sulfone groups is 1. The third-order valence-corrected chi connectivity index (χ3v) is 7.92. The van der Waals surface area contributed by atoms with Gasteiger partial charge >= 0.3 is 11.8 Å². The molecule has 0 unspecified atom stereocenters. The molecule has 2 amide bonds. The first-order valence-corrected chi connectivity index (χ1v) is 11.3. The van der Waals surface area contributed by atoms with Gasteiger partial charge in [0.1, 0.15) is 15.2 Å². The van der Waals surface area contributed by atoms with Crippen molar-refractivity contribution in [2.24, 2.45) is 0 Å². The van der Waals surface area contributed by atoms with Crippen molar-refractivity contribution < 1.29 is 22.4 Å². The van der Waals surface area contributed by atoms with Crippen LogP contribution in [0.2, 0.25) is 5.02 Å². The summed E-state index contributed by atoms with van der Waals surface area (Å²) in [6.45, 7) is -0.243. The average Bonchev–Trinajstić information content (AvgIpc) is 3.41. The number of furan rings is 1. The lowest BCUT2D eigenvalue weighted by atomic mass is 10.2. The van der Waals surface area contributed by atoms with Gasteiger partial charge in [0.25, 0.3) is 0 Å². The number of carbonyl (C=O) groups excluding carboxylic acids is 2. The van der Waals surface area contributed by atoms with Gasteiger partial charge in [0.2, 0.25) is 0 Å². The molecule has 0 radical (unpaired) electrons. The summed E-state index contributed by atoms with van der Waals surface area (Å²) in [4.78, 5) is 24.2. The lowest BCUT2D eigenvalue weighted by Gasteiger charge is -2.15. The molecule has 0 saturated heterocycles. The molecule has 10 heteroatoms. The zero-order chi connectivity index (χ0) is 20.9. The third kappa shape index (κ3) is 5.06. The van der Waals surface area contributed by atoms with Crippen molar-refractivity contribution in [2.45, 2.75) is 16.0 Å². The smallest absolute Gasteiger partial charge is 0.309 e. The number of carbonyl (C=O) groups is 2. The van der Waals surface area contributed by atoms with E-state index < -0.39 is 26.9 Å². The standard InChI is InChI=1S/C19H17ClN2O5S2/c20-14-6-2-1-5-13(14)11-21-18(23)19(24)22-12-16(15-7-3-9-27-15)29(25,26)17-8-4-10-28-17/h1-10,16H,11-12H2,(H,21,23)(H,22,24)/t16-/m1/s1. The first-order valence-electron chi connectivity index (χ1n) is 8.50. The summed E-state index contributed by atoms with van der Waals surface area (Å²) in [6.07, 6.45) is 1.35. The summed E-state index contributed by atoms with van der Waals surface area (Å²) in [5.41, 5.74) is 0.657. The highest BCUT2D eigenvalue weighted by atomic mass is 35.5. The average molecular weight is 453 g/mol. The van der Waals surface area contributed by atoms with Crippen molar-refractivity contribution in [3.63, 3.8) is 0 Å². The normalized spacial score (nSPS) is 12.3. The van der Waals surface area contributed by atoms with Gasteiger partial charge in [-0.3, -0.25) is 9.59 Å². The Labute approximate surface area is 176 Å². The maximum Gasteiger partial charge on any atom is 0.309 e. The lowest BCUT2D eigenvalue weighted by Crippen LogP contribution is -2.42. The minimum absolute atomic E-state index is 0.0705. The van der Waals surface area contributed by atoms with Crippen LogP contribution in [0.1, 0.15) is 16.6 Å². The second kappa shape index (κ2) is 9.25. The van der Waals surface area contributed by atoms with Gasteiger partial charge in [-0.15, -0.1) is 11.3 Å². The molecule has 1 atom stereocenters. The zero-order valence-corrected chi connectivity index (χ0v) is 17.4. The molecule has 0 aliphatic heterocycles.